The van der Waals surface area contributed by atoms with Crippen LogP contribution < -0.4 is 5.56 Å². The molecule has 1 aliphatic carbocycles. The molecule has 3 rings (SSSR count). The molecule has 2 aromatic rings. The van der Waals surface area contributed by atoms with Crippen molar-refractivity contribution >= 4 is 0 Å². The van der Waals surface area contributed by atoms with Gasteiger partial charge in [0, 0.05) is 29.7 Å². The minimum absolute atomic E-state index is 0.0317. The van der Waals surface area contributed by atoms with E-state index in [1.165, 1.54) is 12.8 Å². The second-order valence-corrected chi connectivity index (χ2v) is 5.70. The summed E-state index contributed by atoms with van der Waals surface area (Å²) in [6.45, 7) is 2.29. The van der Waals surface area contributed by atoms with Crippen molar-refractivity contribution in [1.82, 2.24) is 15.0 Å². The van der Waals surface area contributed by atoms with E-state index in [0.717, 1.165) is 29.9 Å². The molecule has 4 heteroatoms. The maximum absolute atomic E-state index is 12.1. The molecule has 104 valence electrons. The van der Waals surface area contributed by atoms with Gasteiger partial charge in [0.25, 0.3) is 5.56 Å². The van der Waals surface area contributed by atoms with Crippen LogP contribution in [0, 0.1) is 5.92 Å². The predicted molar refractivity (Wildman–Crippen MR) is 78.5 cm³/mol. The van der Waals surface area contributed by atoms with E-state index < -0.39 is 0 Å². The third kappa shape index (κ3) is 2.64. The fraction of sp³-hybridized carbons (Fsp3) is 0.438. The monoisotopic (exact) mass is 269 g/mol. The summed E-state index contributed by atoms with van der Waals surface area (Å²) in [4.78, 5) is 23.4. The van der Waals surface area contributed by atoms with Crippen LogP contribution in [0.4, 0.5) is 0 Å². The van der Waals surface area contributed by atoms with Crippen LogP contribution in [-0.4, -0.2) is 15.0 Å². The van der Waals surface area contributed by atoms with Crippen LogP contribution in [0.1, 0.15) is 44.1 Å². The molecule has 0 atom stereocenters. The summed E-state index contributed by atoms with van der Waals surface area (Å²) in [6.07, 6.45) is 9.75. The van der Waals surface area contributed by atoms with Crippen LogP contribution in [0.15, 0.2) is 35.5 Å². The van der Waals surface area contributed by atoms with Gasteiger partial charge in [-0.1, -0.05) is 19.8 Å². The van der Waals surface area contributed by atoms with Crippen molar-refractivity contribution in [3.8, 4) is 11.4 Å². The summed E-state index contributed by atoms with van der Waals surface area (Å²) in [5.41, 5.74) is 1.81. The van der Waals surface area contributed by atoms with Crippen LogP contribution >= 0.6 is 0 Å². The maximum atomic E-state index is 12.1. The molecule has 0 spiro atoms. The SMILES string of the molecule is CC1CCC(c2cc(-c3ncccn3)c[nH]c2=O)CC1. The highest BCUT2D eigenvalue weighted by Gasteiger charge is 2.22. The van der Waals surface area contributed by atoms with Crippen molar-refractivity contribution in [2.75, 3.05) is 0 Å². The minimum atomic E-state index is 0.0317. The van der Waals surface area contributed by atoms with Crippen LogP contribution in [-0.2, 0) is 0 Å². The molecular weight excluding hydrogens is 250 g/mol. The van der Waals surface area contributed by atoms with E-state index in [0.29, 0.717) is 11.7 Å². The summed E-state index contributed by atoms with van der Waals surface area (Å²) < 4.78 is 0. The van der Waals surface area contributed by atoms with Gasteiger partial charge in [0.1, 0.15) is 0 Å². The molecule has 0 radical (unpaired) electrons. The lowest BCUT2D eigenvalue weighted by Crippen LogP contribution is -2.20. The fourth-order valence-electron chi connectivity index (χ4n) is 2.95. The smallest absolute Gasteiger partial charge is 0.251 e. The molecule has 0 unspecified atom stereocenters. The summed E-state index contributed by atoms with van der Waals surface area (Å²) in [6, 6.07) is 3.76. The molecule has 1 aliphatic rings. The first kappa shape index (κ1) is 13.0. The molecule has 0 aromatic carbocycles. The van der Waals surface area contributed by atoms with Crippen LogP contribution in [0.2, 0.25) is 0 Å². The van der Waals surface area contributed by atoms with Crippen molar-refractivity contribution in [1.29, 1.82) is 0 Å². The zero-order valence-corrected chi connectivity index (χ0v) is 11.7. The van der Waals surface area contributed by atoms with Gasteiger partial charge in [-0.3, -0.25) is 4.79 Å². The Kier molecular flexibility index (Phi) is 3.63. The second kappa shape index (κ2) is 5.57. The third-order valence-electron chi connectivity index (χ3n) is 4.21. The Labute approximate surface area is 118 Å². The van der Waals surface area contributed by atoms with Crippen LogP contribution in [0.25, 0.3) is 11.4 Å². The first-order chi connectivity index (χ1) is 9.74. The van der Waals surface area contributed by atoms with E-state index >= 15 is 0 Å². The fourth-order valence-corrected chi connectivity index (χ4v) is 2.95. The van der Waals surface area contributed by atoms with Crippen molar-refractivity contribution < 1.29 is 0 Å². The number of H-pyrrole nitrogens is 1. The van der Waals surface area contributed by atoms with Crippen molar-refractivity contribution in [3.05, 3.63) is 46.6 Å². The number of aromatic nitrogens is 3. The Morgan fingerprint density at radius 2 is 1.85 bits per heavy atom. The first-order valence-electron chi connectivity index (χ1n) is 7.24. The van der Waals surface area contributed by atoms with Crippen molar-refractivity contribution in [2.45, 2.75) is 38.5 Å². The largest absolute Gasteiger partial charge is 0.328 e. The Bertz CT molecular complexity index is 628. The van der Waals surface area contributed by atoms with E-state index in [2.05, 4.69) is 21.9 Å². The van der Waals surface area contributed by atoms with Gasteiger partial charge >= 0.3 is 0 Å². The summed E-state index contributed by atoms with van der Waals surface area (Å²) in [5, 5.41) is 0. The topological polar surface area (TPSA) is 58.6 Å². The number of nitrogens with zero attached hydrogens (tertiary/aromatic N) is 2. The molecule has 0 bridgehead atoms. The first-order valence-corrected chi connectivity index (χ1v) is 7.24. The van der Waals surface area contributed by atoms with Gasteiger partial charge < -0.3 is 4.98 Å². The van der Waals surface area contributed by atoms with Crippen molar-refractivity contribution in [3.63, 3.8) is 0 Å². The molecule has 4 nitrogen and oxygen atoms in total. The lowest BCUT2D eigenvalue weighted by Gasteiger charge is -2.25. The summed E-state index contributed by atoms with van der Waals surface area (Å²) in [7, 11) is 0. The summed E-state index contributed by atoms with van der Waals surface area (Å²) >= 11 is 0. The third-order valence-corrected chi connectivity index (χ3v) is 4.21. The van der Waals surface area contributed by atoms with E-state index in [9.17, 15) is 4.79 Å². The standard InChI is InChI=1S/C16H19N3O/c1-11-3-5-12(6-4-11)14-9-13(10-19-16(14)20)15-17-7-2-8-18-15/h2,7-12H,3-6H2,1H3,(H,19,20). The predicted octanol–water partition coefficient (Wildman–Crippen LogP) is 3.13. The zero-order valence-electron chi connectivity index (χ0n) is 11.7. The highest BCUT2D eigenvalue weighted by Crippen LogP contribution is 2.34. The quantitative estimate of drug-likeness (QED) is 0.911. The van der Waals surface area contributed by atoms with E-state index in [1.807, 2.05) is 6.07 Å². The molecule has 1 N–H and O–H groups in total. The van der Waals surface area contributed by atoms with Gasteiger partial charge in [0.15, 0.2) is 5.82 Å². The Morgan fingerprint density at radius 1 is 1.15 bits per heavy atom. The summed E-state index contributed by atoms with van der Waals surface area (Å²) in [5.74, 6) is 1.82. The molecule has 0 aliphatic heterocycles. The normalized spacial score (nSPS) is 22.6. The molecule has 2 heterocycles. The molecule has 2 aromatic heterocycles. The number of aromatic amines is 1. The lowest BCUT2D eigenvalue weighted by atomic mass is 9.79. The van der Waals surface area contributed by atoms with Gasteiger partial charge in [0.2, 0.25) is 0 Å². The van der Waals surface area contributed by atoms with Gasteiger partial charge in [0.05, 0.1) is 0 Å². The molecule has 0 saturated heterocycles. The van der Waals surface area contributed by atoms with E-state index in [-0.39, 0.29) is 5.56 Å². The number of pyridine rings is 1. The molecule has 0 amide bonds. The minimum Gasteiger partial charge on any atom is -0.328 e. The van der Waals surface area contributed by atoms with Gasteiger partial charge in [-0.15, -0.1) is 0 Å². The number of nitrogens with one attached hydrogen (secondary N) is 1. The number of hydrogen-bond donors (Lipinski definition) is 1. The van der Waals surface area contributed by atoms with Gasteiger partial charge in [-0.05, 0) is 36.8 Å². The Hall–Kier alpha value is -1.97. The van der Waals surface area contributed by atoms with Crippen molar-refractivity contribution in [2.24, 2.45) is 5.92 Å². The molecule has 1 saturated carbocycles. The Balaban J connectivity index is 1.93. The zero-order chi connectivity index (χ0) is 13.9. The molecule has 1 fully saturated rings. The molecule has 20 heavy (non-hydrogen) atoms. The highest BCUT2D eigenvalue weighted by atomic mass is 16.1. The van der Waals surface area contributed by atoms with Crippen LogP contribution in [0.5, 0.6) is 0 Å². The maximum Gasteiger partial charge on any atom is 0.251 e. The Morgan fingerprint density at radius 3 is 2.55 bits per heavy atom. The number of hydrogen-bond acceptors (Lipinski definition) is 3. The average Bonchev–Trinajstić information content (AvgIpc) is 2.50. The van der Waals surface area contributed by atoms with Gasteiger partial charge in [-0.25, -0.2) is 9.97 Å². The highest BCUT2D eigenvalue weighted by molar-refractivity contribution is 5.54. The van der Waals surface area contributed by atoms with Gasteiger partial charge in [-0.2, -0.15) is 0 Å². The van der Waals surface area contributed by atoms with Crippen LogP contribution in [0.3, 0.4) is 0 Å². The van der Waals surface area contributed by atoms with E-state index in [4.69, 9.17) is 0 Å². The average molecular weight is 269 g/mol. The second-order valence-electron chi connectivity index (χ2n) is 5.70. The lowest BCUT2D eigenvalue weighted by molar-refractivity contribution is 0.346. The van der Waals surface area contributed by atoms with E-state index in [1.54, 1.807) is 24.7 Å². The number of rotatable bonds is 2. The molecular formula is C16H19N3O.